The van der Waals surface area contributed by atoms with Gasteiger partial charge < -0.3 is 13.5 Å². The Bertz CT molecular complexity index is 1450. The monoisotopic (exact) mass is 468 g/mol. The number of para-hydroxylation sites is 3. The average Bonchev–Trinajstić information content (AvgIpc) is 2.86. The van der Waals surface area contributed by atoms with Gasteiger partial charge in [-0.3, -0.25) is 0 Å². The minimum Gasteiger partial charge on any atom is -0.422 e. The Labute approximate surface area is 196 Å². The minimum absolute atomic E-state index is 0.195. The van der Waals surface area contributed by atoms with E-state index in [1.54, 1.807) is 78.9 Å². The highest BCUT2D eigenvalue weighted by Gasteiger charge is 2.44. The van der Waals surface area contributed by atoms with Crippen LogP contribution in [0.3, 0.4) is 0 Å². The molecule has 0 aliphatic heterocycles. The Morgan fingerprint density at radius 3 is 1.74 bits per heavy atom. The summed E-state index contributed by atoms with van der Waals surface area (Å²) in [6.45, 7) is 0. The fourth-order valence-electron chi connectivity index (χ4n) is 3.82. The number of fused-ring (bicyclic) bond motifs is 1. The van der Waals surface area contributed by atoms with Crippen LogP contribution in [-0.4, -0.2) is 0 Å². The van der Waals surface area contributed by atoms with Gasteiger partial charge >= 0.3 is 13.2 Å². The van der Waals surface area contributed by atoms with Crippen molar-refractivity contribution in [2.24, 2.45) is 0 Å². The molecule has 0 amide bonds. The van der Waals surface area contributed by atoms with Crippen molar-refractivity contribution < 1.29 is 18.0 Å². The molecule has 0 aliphatic carbocycles. The second-order valence-corrected chi connectivity index (χ2v) is 9.65. The Hall–Kier alpha value is -4.08. The van der Waals surface area contributed by atoms with Gasteiger partial charge in [0.15, 0.2) is 0 Å². The second kappa shape index (κ2) is 9.42. The van der Waals surface area contributed by atoms with Gasteiger partial charge in [0, 0.05) is 5.39 Å². The van der Waals surface area contributed by atoms with Crippen molar-refractivity contribution in [1.29, 1.82) is 0 Å². The van der Waals surface area contributed by atoms with Gasteiger partial charge in [-0.25, -0.2) is 9.36 Å². The SMILES string of the molecule is O=c1oc2ccccc2cc1C(c1ccccc1)P(=O)(Oc1ccccc1)Oc1ccccc1. The second-order valence-electron chi connectivity index (χ2n) is 7.69. The van der Waals surface area contributed by atoms with Crippen molar-refractivity contribution >= 4 is 18.6 Å². The van der Waals surface area contributed by atoms with Crippen molar-refractivity contribution in [3.63, 3.8) is 0 Å². The first-order valence-electron chi connectivity index (χ1n) is 10.8. The largest absolute Gasteiger partial charge is 0.442 e. The van der Waals surface area contributed by atoms with E-state index in [1.165, 1.54) is 0 Å². The van der Waals surface area contributed by atoms with Crippen molar-refractivity contribution in [1.82, 2.24) is 0 Å². The minimum atomic E-state index is -4.08. The van der Waals surface area contributed by atoms with E-state index >= 15 is 0 Å². The molecule has 5 aromatic rings. The Morgan fingerprint density at radius 1 is 0.647 bits per heavy atom. The van der Waals surface area contributed by atoms with Crippen molar-refractivity contribution in [3.05, 3.63) is 143 Å². The van der Waals surface area contributed by atoms with Crippen molar-refractivity contribution in [3.8, 4) is 11.5 Å². The van der Waals surface area contributed by atoms with E-state index in [0.717, 1.165) is 0 Å². The zero-order valence-corrected chi connectivity index (χ0v) is 19.0. The molecule has 0 spiro atoms. The predicted octanol–water partition coefficient (Wildman–Crippen LogP) is 7.23. The van der Waals surface area contributed by atoms with Crippen LogP contribution < -0.4 is 14.7 Å². The summed E-state index contributed by atoms with van der Waals surface area (Å²) in [7, 11) is -4.08. The lowest BCUT2D eigenvalue weighted by atomic mass is 10.0. The predicted molar refractivity (Wildman–Crippen MR) is 133 cm³/mol. The summed E-state index contributed by atoms with van der Waals surface area (Å²) in [6, 6.07) is 35.6. The zero-order chi connectivity index (χ0) is 23.4. The molecule has 0 radical (unpaired) electrons. The molecule has 1 aromatic heterocycles. The van der Waals surface area contributed by atoms with E-state index in [9.17, 15) is 9.36 Å². The van der Waals surface area contributed by atoms with E-state index in [-0.39, 0.29) is 5.56 Å². The number of rotatable bonds is 7. The van der Waals surface area contributed by atoms with Crippen LogP contribution in [0.1, 0.15) is 16.8 Å². The van der Waals surface area contributed by atoms with Crippen LogP contribution in [-0.2, 0) is 4.57 Å². The summed E-state index contributed by atoms with van der Waals surface area (Å²) in [6.07, 6.45) is 0. The van der Waals surface area contributed by atoms with E-state index in [0.29, 0.717) is 28.0 Å². The van der Waals surface area contributed by atoms with Crippen LogP contribution in [0.25, 0.3) is 11.0 Å². The van der Waals surface area contributed by atoms with Gasteiger partial charge in [-0.15, -0.1) is 0 Å². The molecule has 0 aliphatic rings. The molecular formula is C28H21O5P. The number of benzene rings is 4. The van der Waals surface area contributed by atoms with Crippen LogP contribution in [0.15, 0.2) is 131 Å². The third-order valence-electron chi connectivity index (χ3n) is 5.35. The maximum absolute atomic E-state index is 14.7. The fourth-order valence-corrected chi connectivity index (χ4v) is 5.95. The lowest BCUT2D eigenvalue weighted by molar-refractivity contribution is 0.376. The zero-order valence-electron chi connectivity index (χ0n) is 18.1. The van der Waals surface area contributed by atoms with Gasteiger partial charge in [0.1, 0.15) is 22.7 Å². The standard InChI is InChI=1S/C28H21O5P/c29-28-25(20-22-14-10-11-19-26(22)31-28)27(21-12-4-1-5-13-21)34(30,32-23-15-6-2-7-16-23)33-24-17-8-3-9-18-24/h1-20,27H. The molecule has 0 bridgehead atoms. The Balaban J connectivity index is 1.73. The first-order chi connectivity index (χ1) is 16.6. The summed E-state index contributed by atoms with van der Waals surface area (Å²) in [5.74, 6) is 0.737. The molecule has 5 rings (SSSR count). The quantitative estimate of drug-likeness (QED) is 0.186. The Morgan fingerprint density at radius 2 is 1.15 bits per heavy atom. The maximum atomic E-state index is 14.7. The lowest BCUT2D eigenvalue weighted by Gasteiger charge is -2.27. The summed E-state index contributed by atoms with van der Waals surface area (Å²) in [5.41, 5.74) is -0.373. The molecular weight excluding hydrogens is 447 g/mol. The number of hydrogen-bond acceptors (Lipinski definition) is 5. The fraction of sp³-hybridized carbons (Fsp3) is 0.0357. The summed E-state index contributed by atoms with van der Waals surface area (Å²) in [4.78, 5) is 13.2. The van der Waals surface area contributed by atoms with E-state index in [2.05, 4.69) is 0 Å². The molecule has 0 fully saturated rings. The molecule has 168 valence electrons. The van der Waals surface area contributed by atoms with E-state index < -0.39 is 18.9 Å². The van der Waals surface area contributed by atoms with Gasteiger partial charge in [-0.2, -0.15) is 0 Å². The maximum Gasteiger partial charge on any atom is 0.442 e. The van der Waals surface area contributed by atoms with Gasteiger partial charge in [-0.1, -0.05) is 84.9 Å². The molecule has 34 heavy (non-hydrogen) atoms. The van der Waals surface area contributed by atoms with Gasteiger partial charge in [0.2, 0.25) is 0 Å². The molecule has 1 atom stereocenters. The number of hydrogen-bond donors (Lipinski definition) is 0. The van der Waals surface area contributed by atoms with Crippen molar-refractivity contribution in [2.75, 3.05) is 0 Å². The van der Waals surface area contributed by atoms with Gasteiger partial charge in [0.25, 0.3) is 0 Å². The molecule has 1 unspecified atom stereocenters. The highest BCUT2D eigenvalue weighted by atomic mass is 31.2. The summed E-state index contributed by atoms with van der Waals surface area (Å²) in [5, 5.41) is 0.712. The highest BCUT2D eigenvalue weighted by Crippen LogP contribution is 2.62. The molecule has 4 aromatic carbocycles. The highest BCUT2D eigenvalue weighted by molar-refractivity contribution is 7.55. The molecule has 6 heteroatoms. The lowest BCUT2D eigenvalue weighted by Crippen LogP contribution is -2.18. The van der Waals surface area contributed by atoms with Gasteiger partial charge in [0.05, 0.1) is 5.56 Å². The van der Waals surface area contributed by atoms with Crippen LogP contribution in [0, 0.1) is 0 Å². The first-order valence-corrected chi connectivity index (χ1v) is 12.4. The van der Waals surface area contributed by atoms with E-state index in [1.807, 2.05) is 42.5 Å². The van der Waals surface area contributed by atoms with E-state index in [4.69, 9.17) is 13.5 Å². The topological polar surface area (TPSA) is 65.7 Å². The third kappa shape index (κ3) is 4.52. The smallest absolute Gasteiger partial charge is 0.422 e. The van der Waals surface area contributed by atoms with Crippen LogP contribution in [0.4, 0.5) is 0 Å². The average molecular weight is 468 g/mol. The first kappa shape index (κ1) is 21.7. The normalized spacial score (nSPS) is 12.2. The Kier molecular flexibility index (Phi) is 6.03. The molecule has 1 heterocycles. The molecule has 5 nitrogen and oxygen atoms in total. The molecule has 0 saturated carbocycles. The summed E-state index contributed by atoms with van der Waals surface area (Å²) >= 11 is 0. The van der Waals surface area contributed by atoms with Crippen LogP contribution >= 0.6 is 7.60 Å². The molecule has 0 saturated heterocycles. The third-order valence-corrected chi connectivity index (χ3v) is 7.49. The van der Waals surface area contributed by atoms with Gasteiger partial charge in [-0.05, 0) is 42.0 Å². The van der Waals surface area contributed by atoms with Crippen molar-refractivity contribution in [2.45, 2.75) is 5.66 Å². The van der Waals surface area contributed by atoms with Crippen LogP contribution in [0.5, 0.6) is 11.5 Å². The summed E-state index contributed by atoms with van der Waals surface area (Å²) < 4.78 is 32.5. The van der Waals surface area contributed by atoms with Crippen LogP contribution in [0.2, 0.25) is 0 Å². The molecule has 0 N–H and O–H groups in total.